The van der Waals surface area contributed by atoms with Gasteiger partial charge >= 0.3 is 0 Å². The summed E-state index contributed by atoms with van der Waals surface area (Å²) in [7, 11) is 3.90. The molecule has 0 unspecified atom stereocenters. The molecule has 0 aliphatic rings. The van der Waals surface area contributed by atoms with Gasteiger partial charge < -0.3 is 10.2 Å². The predicted molar refractivity (Wildman–Crippen MR) is 59.9 cm³/mol. The van der Waals surface area contributed by atoms with Gasteiger partial charge in [0.1, 0.15) is 5.82 Å². The zero-order chi connectivity index (χ0) is 10.6. The van der Waals surface area contributed by atoms with Crippen LogP contribution in [0.5, 0.6) is 0 Å². The van der Waals surface area contributed by atoms with Gasteiger partial charge in [0.25, 0.3) is 0 Å². The van der Waals surface area contributed by atoms with Crippen LogP contribution in [0, 0.1) is 0 Å². The summed E-state index contributed by atoms with van der Waals surface area (Å²) < 4.78 is 0. The smallest absolute Gasteiger partial charge is 0.226 e. The number of hydrogen-bond acceptors (Lipinski definition) is 4. The normalized spacial score (nSPS) is 10.0. The average molecular weight is 194 g/mol. The molecule has 78 valence electrons. The van der Waals surface area contributed by atoms with Crippen molar-refractivity contribution in [3.8, 4) is 0 Å². The van der Waals surface area contributed by atoms with Crippen LogP contribution in [0.15, 0.2) is 6.07 Å². The molecule has 0 amide bonds. The summed E-state index contributed by atoms with van der Waals surface area (Å²) in [5, 5.41) is 3.20. The lowest BCUT2D eigenvalue weighted by Gasteiger charge is -2.13. The molecule has 1 aromatic rings. The fourth-order valence-electron chi connectivity index (χ4n) is 1.14. The Morgan fingerprint density at radius 3 is 2.50 bits per heavy atom. The van der Waals surface area contributed by atoms with E-state index in [4.69, 9.17) is 0 Å². The maximum absolute atomic E-state index is 4.41. The van der Waals surface area contributed by atoms with Gasteiger partial charge in [0.15, 0.2) is 0 Å². The van der Waals surface area contributed by atoms with Gasteiger partial charge in [-0.25, -0.2) is 4.98 Å². The molecule has 0 aromatic carbocycles. The van der Waals surface area contributed by atoms with E-state index in [9.17, 15) is 0 Å². The zero-order valence-electron chi connectivity index (χ0n) is 9.33. The fraction of sp³-hybridized carbons (Fsp3) is 0.600. The molecule has 14 heavy (non-hydrogen) atoms. The molecule has 0 bridgehead atoms. The number of aryl methyl sites for hydroxylation is 1. The van der Waals surface area contributed by atoms with Crippen molar-refractivity contribution in [1.29, 1.82) is 0 Å². The minimum absolute atomic E-state index is 0.764. The number of hydrogen-bond donors (Lipinski definition) is 1. The zero-order valence-corrected chi connectivity index (χ0v) is 9.33. The largest absolute Gasteiger partial charge is 0.370 e. The van der Waals surface area contributed by atoms with Crippen molar-refractivity contribution >= 4 is 11.8 Å². The Hall–Kier alpha value is -1.32. The Bertz CT molecular complexity index is 296. The topological polar surface area (TPSA) is 41.1 Å². The first-order chi connectivity index (χ1) is 6.67. The van der Waals surface area contributed by atoms with Crippen molar-refractivity contribution < 1.29 is 0 Å². The van der Waals surface area contributed by atoms with Crippen LogP contribution in [0.3, 0.4) is 0 Å². The van der Waals surface area contributed by atoms with Crippen LogP contribution >= 0.6 is 0 Å². The van der Waals surface area contributed by atoms with Gasteiger partial charge in [-0.15, -0.1) is 0 Å². The quantitative estimate of drug-likeness (QED) is 0.789. The molecular formula is C10H18N4. The minimum atomic E-state index is 0.764. The van der Waals surface area contributed by atoms with Gasteiger partial charge in [0, 0.05) is 32.4 Å². The highest BCUT2D eigenvalue weighted by Gasteiger charge is 2.03. The molecule has 0 aliphatic carbocycles. The van der Waals surface area contributed by atoms with Crippen molar-refractivity contribution in [3.63, 3.8) is 0 Å². The molecule has 0 atom stereocenters. The van der Waals surface area contributed by atoms with Crippen molar-refractivity contribution in [3.05, 3.63) is 11.8 Å². The van der Waals surface area contributed by atoms with Gasteiger partial charge in [-0.2, -0.15) is 4.98 Å². The van der Waals surface area contributed by atoms with E-state index < -0.39 is 0 Å². The first-order valence-electron chi connectivity index (χ1n) is 4.96. The molecular weight excluding hydrogens is 176 g/mol. The maximum atomic E-state index is 4.41. The highest BCUT2D eigenvalue weighted by molar-refractivity contribution is 5.42. The third-order valence-corrected chi connectivity index (χ3v) is 1.89. The van der Waals surface area contributed by atoms with Gasteiger partial charge in [0.2, 0.25) is 5.95 Å². The van der Waals surface area contributed by atoms with Crippen molar-refractivity contribution in [2.75, 3.05) is 30.9 Å². The van der Waals surface area contributed by atoms with E-state index in [0.29, 0.717) is 0 Å². The maximum Gasteiger partial charge on any atom is 0.226 e. The summed E-state index contributed by atoms with van der Waals surface area (Å²) in [5.41, 5.74) is 1.07. The van der Waals surface area contributed by atoms with Crippen LogP contribution in [0.1, 0.15) is 19.5 Å². The Morgan fingerprint density at radius 2 is 2.00 bits per heavy atom. The molecule has 1 rings (SSSR count). The lowest BCUT2D eigenvalue weighted by Crippen LogP contribution is -2.15. The van der Waals surface area contributed by atoms with E-state index in [0.717, 1.165) is 30.4 Å². The van der Waals surface area contributed by atoms with Crippen molar-refractivity contribution in [2.45, 2.75) is 20.3 Å². The van der Waals surface area contributed by atoms with Crippen LogP contribution in [0.4, 0.5) is 11.8 Å². The third kappa shape index (κ3) is 2.58. The molecule has 0 saturated carbocycles. The molecule has 0 radical (unpaired) electrons. The molecule has 0 aliphatic heterocycles. The Kier molecular flexibility index (Phi) is 3.68. The molecule has 0 fully saturated rings. The highest BCUT2D eigenvalue weighted by atomic mass is 15.2. The summed E-state index contributed by atoms with van der Waals surface area (Å²) in [6.45, 7) is 5.04. The monoisotopic (exact) mass is 194 g/mol. The number of rotatable bonds is 4. The molecule has 0 saturated heterocycles. The number of anilines is 2. The Balaban J connectivity index is 3.00. The Labute approximate surface area is 85.4 Å². The number of nitrogens with zero attached hydrogens (tertiary/aromatic N) is 3. The van der Waals surface area contributed by atoms with Crippen LogP contribution in [0.25, 0.3) is 0 Å². The van der Waals surface area contributed by atoms with E-state index >= 15 is 0 Å². The molecule has 0 spiro atoms. The van der Waals surface area contributed by atoms with Crippen LogP contribution < -0.4 is 10.2 Å². The van der Waals surface area contributed by atoms with E-state index in [1.807, 2.05) is 25.1 Å². The summed E-state index contributed by atoms with van der Waals surface area (Å²) >= 11 is 0. The second-order valence-electron chi connectivity index (χ2n) is 3.32. The minimum Gasteiger partial charge on any atom is -0.370 e. The van der Waals surface area contributed by atoms with Crippen LogP contribution in [-0.2, 0) is 6.42 Å². The van der Waals surface area contributed by atoms with E-state index in [1.54, 1.807) is 0 Å². The van der Waals surface area contributed by atoms with Gasteiger partial charge in [-0.3, -0.25) is 0 Å². The molecule has 4 heteroatoms. The number of nitrogens with one attached hydrogen (secondary N) is 1. The highest BCUT2D eigenvalue weighted by Crippen LogP contribution is 2.12. The van der Waals surface area contributed by atoms with Gasteiger partial charge in [-0.1, -0.05) is 6.92 Å². The summed E-state index contributed by atoms with van der Waals surface area (Å²) in [4.78, 5) is 10.7. The number of aromatic nitrogens is 2. The summed E-state index contributed by atoms with van der Waals surface area (Å²) in [5.74, 6) is 1.67. The molecule has 1 N–H and O–H groups in total. The molecule has 1 aromatic heterocycles. The standard InChI is InChI=1S/C10H18N4/c1-5-8-7-9(11-6-2)13-10(12-8)14(3)4/h7H,5-6H2,1-4H3,(H,11,12,13). The van der Waals surface area contributed by atoms with Gasteiger partial charge in [0.05, 0.1) is 0 Å². The third-order valence-electron chi connectivity index (χ3n) is 1.89. The lowest BCUT2D eigenvalue weighted by molar-refractivity contribution is 0.937. The molecule has 1 heterocycles. The van der Waals surface area contributed by atoms with Crippen LogP contribution in [-0.4, -0.2) is 30.6 Å². The fourth-order valence-corrected chi connectivity index (χ4v) is 1.14. The second kappa shape index (κ2) is 4.79. The van der Waals surface area contributed by atoms with Gasteiger partial charge in [-0.05, 0) is 13.3 Å². The van der Waals surface area contributed by atoms with E-state index in [1.165, 1.54) is 0 Å². The first-order valence-corrected chi connectivity index (χ1v) is 4.96. The molecule has 4 nitrogen and oxygen atoms in total. The first kappa shape index (κ1) is 10.8. The van der Waals surface area contributed by atoms with E-state index in [2.05, 4.69) is 29.1 Å². The van der Waals surface area contributed by atoms with E-state index in [-0.39, 0.29) is 0 Å². The summed E-state index contributed by atoms with van der Waals surface area (Å²) in [6.07, 6.45) is 0.932. The lowest BCUT2D eigenvalue weighted by atomic mass is 10.3. The van der Waals surface area contributed by atoms with Crippen molar-refractivity contribution in [2.24, 2.45) is 0 Å². The Morgan fingerprint density at radius 1 is 1.29 bits per heavy atom. The predicted octanol–water partition coefficient (Wildman–Crippen LogP) is 1.54. The second-order valence-corrected chi connectivity index (χ2v) is 3.32. The summed E-state index contributed by atoms with van der Waals surface area (Å²) in [6, 6.07) is 2.00. The van der Waals surface area contributed by atoms with Crippen molar-refractivity contribution in [1.82, 2.24) is 9.97 Å². The average Bonchev–Trinajstić information content (AvgIpc) is 2.17. The SMILES string of the molecule is CCNc1cc(CC)nc(N(C)C)n1. The van der Waals surface area contributed by atoms with Crippen LogP contribution in [0.2, 0.25) is 0 Å².